The normalized spacial score (nSPS) is 13.1. The fourth-order valence-corrected chi connectivity index (χ4v) is 10.7. The molecule has 3 heterocycles. The smallest absolute Gasteiger partial charge is 0.164 e. The molecule has 1 atom stereocenters. The molecule has 5 nitrogen and oxygen atoms in total. The molecule has 0 amide bonds. The molecule has 0 fully saturated rings. The van der Waals surface area contributed by atoms with E-state index in [2.05, 4.69) is 168 Å². The first-order valence-electron chi connectivity index (χ1n) is 23.5. The molecule has 1 unspecified atom stereocenters. The number of hydrogen-bond donors (Lipinski definition) is 0. The summed E-state index contributed by atoms with van der Waals surface area (Å²) in [5.41, 5.74) is 19.0. The van der Waals surface area contributed by atoms with Crippen LogP contribution >= 0.6 is 0 Å². The van der Waals surface area contributed by atoms with Crippen LogP contribution in [0.25, 0.3) is 117 Å². The molecule has 14 rings (SSSR count). The molecule has 0 aliphatic heterocycles. The zero-order chi connectivity index (χ0) is 45.4. The van der Waals surface area contributed by atoms with Gasteiger partial charge in [0.15, 0.2) is 17.5 Å². The van der Waals surface area contributed by atoms with Gasteiger partial charge in [-0.05, 0) is 111 Å². The Bertz CT molecular complexity index is 4060. The number of benzene rings is 10. The maximum Gasteiger partial charge on any atom is 0.164 e. The monoisotopic (exact) mass is 880 g/mol. The van der Waals surface area contributed by atoms with E-state index in [1.807, 2.05) is 72.8 Å². The minimum Gasteiger partial charge on any atom is -0.456 e. The van der Waals surface area contributed by atoms with Crippen LogP contribution < -0.4 is 0 Å². The lowest BCUT2D eigenvalue weighted by atomic mass is 9.89. The molecule has 13 aromatic rings. The van der Waals surface area contributed by atoms with Crippen LogP contribution in [0, 0.1) is 0 Å². The van der Waals surface area contributed by atoms with E-state index in [-0.39, 0.29) is 5.92 Å². The average molecular weight is 881 g/mol. The molecule has 5 heteroatoms. The van der Waals surface area contributed by atoms with Gasteiger partial charge < -0.3 is 8.98 Å². The van der Waals surface area contributed by atoms with Gasteiger partial charge >= 0.3 is 0 Å². The van der Waals surface area contributed by atoms with E-state index >= 15 is 0 Å². The van der Waals surface area contributed by atoms with Crippen molar-refractivity contribution in [2.45, 2.75) is 5.92 Å². The fraction of sp³-hybridized carbons (Fsp3) is 0.0156. The van der Waals surface area contributed by atoms with Crippen molar-refractivity contribution in [3.8, 4) is 73.2 Å². The van der Waals surface area contributed by atoms with E-state index in [4.69, 9.17) is 19.4 Å². The Balaban J connectivity index is 0.919. The quantitative estimate of drug-likeness (QED) is 0.160. The van der Waals surface area contributed by atoms with Crippen molar-refractivity contribution < 1.29 is 4.42 Å². The van der Waals surface area contributed by atoms with Crippen molar-refractivity contribution in [1.29, 1.82) is 0 Å². The largest absolute Gasteiger partial charge is 0.456 e. The summed E-state index contributed by atoms with van der Waals surface area (Å²) in [6.45, 7) is 0. The fourth-order valence-electron chi connectivity index (χ4n) is 10.7. The number of hydrogen-bond acceptors (Lipinski definition) is 4. The van der Waals surface area contributed by atoms with Crippen LogP contribution in [0.5, 0.6) is 0 Å². The summed E-state index contributed by atoms with van der Waals surface area (Å²) < 4.78 is 8.96. The van der Waals surface area contributed by atoms with Crippen molar-refractivity contribution >= 4 is 43.7 Å². The number of aromatic nitrogens is 4. The van der Waals surface area contributed by atoms with Crippen LogP contribution in [-0.2, 0) is 0 Å². The standard InChI is InChI=1S/C64H40N4O/c1-5-16-40(17-6-1)60-49-25-14-13-24-48(49)52-36-43(28-32-50(52)60)44-29-33-56-53(37-44)54-38-45(30-34-57(54)68(56)47-22-11-4-12-23-47)46-31-35-58-55(39-46)61-51(26-15-27-59(61)69-58)64-66-62(41-18-7-2-8-19-41)65-63(67-64)42-20-9-3-10-21-42/h1-39,60H. The van der Waals surface area contributed by atoms with Gasteiger partial charge in [0.2, 0.25) is 0 Å². The second-order valence-corrected chi connectivity index (χ2v) is 17.9. The van der Waals surface area contributed by atoms with Crippen molar-refractivity contribution in [1.82, 2.24) is 19.5 Å². The second kappa shape index (κ2) is 15.7. The van der Waals surface area contributed by atoms with Crippen molar-refractivity contribution in [3.05, 3.63) is 253 Å². The lowest BCUT2D eigenvalue weighted by Crippen LogP contribution is -2.00. The molecule has 69 heavy (non-hydrogen) atoms. The van der Waals surface area contributed by atoms with Gasteiger partial charge in [-0.25, -0.2) is 15.0 Å². The highest BCUT2D eigenvalue weighted by atomic mass is 16.3. The predicted molar refractivity (Wildman–Crippen MR) is 281 cm³/mol. The lowest BCUT2D eigenvalue weighted by molar-refractivity contribution is 0.669. The minimum absolute atomic E-state index is 0.214. The predicted octanol–water partition coefficient (Wildman–Crippen LogP) is 16.4. The first kappa shape index (κ1) is 39.0. The van der Waals surface area contributed by atoms with Gasteiger partial charge in [-0.1, -0.05) is 176 Å². The molecule has 0 saturated carbocycles. The Morgan fingerprint density at radius 2 is 0.841 bits per heavy atom. The SMILES string of the molecule is c1ccc(-c2nc(-c3ccccc3)nc(-c3cccc4oc5ccc(-c6ccc7c(c6)c6cc(-c8ccc9c(c8)-c8ccccc8C9c8ccccc8)ccc6n7-c6ccccc6)cc5c34)n2)cc1. The number of rotatable bonds is 7. The first-order chi connectivity index (χ1) is 34.2. The highest BCUT2D eigenvalue weighted by Gasteiger charge is 2.30. The van der Waals surface area contributed by atoms with Gasteiger partial charge in [0.1, 0.15) is 11.2 Å². The van der Waals surface area contributed by atoms with Crippen LogP contribution in [0.2, 0.25) is 0 Å². The number of nitrogens with zero attached hydrogens (tertiary/aromatic N) is 4. The second-order valence-electron chi connectivity index (χ2n) is 17.9. The Morgan fingerprint density at radius 1 is 0.333 bits per heavy atom. The van der Waals surface area contributed by atoms with E-state index in [0.717, 1.165) is 66.5 Å². The Morgan fingerprint density at radius 3 is 1.51 bits per heavy atom. The molecule has 1 aliphatic carbocycles. The third kappa shape index (κ3) is 6.43. The molecule has 3 aromatic heterocycles. The summed E-state index contributed by atoms with van der Waals surface area (Å²) in [7, 11) is 0. The van der Waals surface area contributed by atoms with Gasteiger partial charge in [0, 0.05) is 49.8 Å². The van der Waals surface area contributed by atoms with E-state index in [9.17, 15) is 0 Å². The van der Waals surface area contributed by atoms with Crippen molar-refractivity contribution in [2.24, 2.45) is 0 Å². The Labute approximate surface area is 398 Å². The third-order valence-corrected chi connectivity index (χ3v) is 13.9. The van der Waals surface area contributed by atoms with Crippen LogP contribution in [0.4, 0.5) is 0 Å². The molecule has 10 aromatic carbocycles. The molecule has 322 valence electrons. The number of fused-ring (bicyclic) bond motifs is 9. The lowest BCUT2D eigenvalue weighted by Gasteiger charge is -2.14. The maximum absolute atomic E-state index is 6.57. The zero-order valence-electron chi connectivity index (χ0n) is 37.3. The topological polar surface area (TPSA) is 56.7 Å². The Kier molecular flexibility index (Phi) is 8.89. The Hall–Kier alpha value is -9.19. The van der Waals surface area contributed by atoms with Gasteiger partial charge in [0.25, 0.3) is 0 Å². The molecule has 1 aliphatic rings. The van der Waals surface area contributed by atoms with Gasteiger partial charge in [0.05, 0.1) is 11.0 Å². The van der Waals surface area contributed by atoms with Crippen LogP contribution in [0.15, 0.2) is 241 Å². The van der Waals surface area contributed by atoms with Crippen LogP contribution in [0.3, 0.4) is 0 Å². The van der Waals surface area contributed by atoms with Crippen LogP contribution in [0.1, 0.15) is 22.6 Å². The summed E-state index contributed by atoms with van der Waals surface area (Å²) in [6, 6.07) is 84.2. The summed E-state index contributed by atoms with van der Waals surface area (Å²) in [6.07, 6.45) is 0. The average Bonchev–Trinajstić information content (AvgIpc) is 4.08. The molecule has 0 saturated heterocycles. The van der Waals surface area contributed by atoms with E-state index in [0.29, 0.717) is 17.5 Å². The van der Waals surface area contributed by atoms with E-state index in [1.165, 1.54) is 49.7 Å². The van der Waals surface area contributed by atoms with E-state index < -0.39 is 0 Å². The van der Waals surface area contributed by atoms with Gasteiger partial charge in [-0.3, -0.25) is 0 Å². The molecule has 0 N–H and O–H groups in total. The molecular formula is C64H40N4O. The number of para-hydroxylation sites is 1. The molecular weight excluding hydrogens is 841 g/mol. The van der Waals surface area contributed by atoms with Crippen molar-refractivity contribution in [2.75, 3.05) is 0 Å². The molecule has 0 bridgehead atoms. The molecule has 0 radical (unpaired) electrons. The summed E-state index contributed by atoms with van der Waals surface area (Å²) >= 11 is 0. The number of furan rings is 1. The van der Waals surface area contributed by atoms with E-state index in [1.54, 1.807) is 0 Å². The first-order valence-corrected chi connectivity index (χ1v) is 23.5. The summed E-state index contributed by atoms with van der Waals surface area (Å²) in [5, 5.41) is 4.36. The highest BCUT2D eigenvalue weighted by Crippen LogP contribution is 2.49. The van der Waals surface area contributed by atoms with Gasteiger partial charge in [-0.2, -0.15) is 0 Å². The highest BCUT2D eigenvalue weighted by molar-refractivity contribution is 6.14. The van der Waals surface area contributed by atoms with Gasteiger partial charge in [-0.15, -0.1) is 0 Å². The third-order valence-electron chi connectivity index (χ3n) is 13.9. The summed E-state index contributed by atoms with van der Waals surface area (Å²) in [5.74, 6) is 2.05. The molecule has 0 spiro atoms. The summed E-state index contributed by atoms with van der Waals surface area (Å²) in [4.78, 5) is 15.2. The zero-order valence-corrected chi connectivity index (χ0v) is 37.3. The minimum atomic E-state index is 0.214. The van der Waals surface area contributed by atoms with Crippen LogP contribution in [-0.4, -0.2) is 19.5 Å². The van der Waals surface area contributed by atoms with Crippen molar-refractivity contribution in [3.63, 3.8) is 0 Å². The maximum atomic E-state index is 6.57.